The van der Waals surface area contributed by atoms with Crippen LogP contribution in [0.25, 0.3) is 0 Å². The summed E-state index contributed by atoms with van der Waals surface area (Å²) in [6, 6.07) is 17.8. The van der Waals surface area contributed by atoms with E-state index >= 15 is 0 Å². The van der Waals surface area contributed by atoms with Crippen molar-refractivity contribution in [3.05, 3.63) is 77.6 Å². The second kappa shape index (κ2) is 7.19. The molecule has 0 aliphatic rings. The zero-order valence-electron chi connectivity index (χ0n) is 12.9. The van der Waals surface area contributed by atoms with Gasteiger partial charge in [-0.05, 0) is 36.4 Å². The summed E-state index contributed by atoms with van der Waals surface area (Å²) in [7, 11) is 0. The van der Waals surface area contributed by atoms with Crippen molar-refractivity contribution in [3.8, 4) is 6.07 Å². The van der Waals surface area contributed by atoms with Crippen molar-refractivity contribution in [3.63, 3.8) is 0 Å². The van der Waals surface area contributed by atoms with Crippen LogP contribution in [0.3, 0.4) is 0 Å². The fourth-order valence-corrected chi connectivity index (χ4v) is 2.12. The van der Waals surface area contributed by atoms with Gasteiger partial charge in [-0.25, -0.2) is 4.39 Å². The van der Waals surface area contributed by atoms with Crippen LogP contribution in [0.5, 0.6) is 0 Å². The summed E-state index contributed by atoms with van der Waals surface area (Å²) < 4.78 is 13.6. The van der Waals surface area contributed by atoms with Gasteiger partial charge in [0.05, 0.1) is 16.8 Å². The zero-order valence-corrected chi connectivity index (χ0v) is 12.9. The third kappa shape index (κ3) is 3.76. The summed E-state index contributed by atoms with van der Waals surface area (Å²) in [5.41, 5.74) is 0.998. The molecule has 0 fully saturated rings. The molecule has 1 heterocycles. The summed E-state index contributed by atoms with van der Waals surface area (Å²) in [6.07, 6.45) is 0. The second-order valence-electron chi connectivity index (χ2n) is 5.02. The molecule has 25 heavy (non-hydrogen) atoms. The fourth-order valence-electron chi connectivity index (χ4n) is 2.12. The van der Waals surface area contributed by atoms with E-state index in [-0.39, 0.29) is 11.4 Å². The van der Waals surface area contributed by atoms with Crippen LogP contribution in [0, 0.1) is 17.1 Å². The molecule has 3 aromatic rings. The maximum Gasteiger partial charge on any atom is 0.259 e. The summed E-state index contributed by atoms with van der Waals surface area (Å²) in [6.45, 7) is 0. The number of carbonyl (C=O) groups excluding carboxylic acids is 1. The van der Waals surface area contributed by atoms with Gasteiger partial charge in [-0.2, -0.15) is 5.26 Å². The summed E-state index contributed by atoms with van der Waals surface area (Å²) in [4.78, 5) is 12.0. The molecule has 0 bridgehead atoms. The molecular formula is C18H12FN5O. The van der Waals surface area contributed by atoms with E-state index in [4.69, 9.17) is 5.26 Å². The number of hydrogen-bond donors (Lipinski definition) is 2. The van der Waals surface area contributed by atoms with Gasteiger partial charge in [0.2, 0.25) is 0 Å². The number of benzene rings is 2. The molecule has 0 aliphatic heterocycles. The Morgan fingerprint density at radius 1 is 0.960 bits per heavy atom. The molecule has 2 N–H and O–H groups in total. The quantitative estimate of drug-likeness (QED) is 0.763. The van der Waals surface area contributed by atoms with Crippen LogP contribution in [0.4, 0.5) is 21.7 Å². The van der Waals surface area contributed by atoms with Crippen LogP contribution in [0.1, 0.15) is 15.9 Å². The highest BCUT2D eigenvalue weighted by Gasteiger charge is 2.12. The van der Waals surface area contributed by atoms with E-state index in [1.165, 1.54) is 24.3 Å². The highest BCUT2D eigenvalue weighted by atomic mass is 19.1. The molecule has 0 unspecified atom stereocenters. The lowest BCUT2D eigenvalue weighted by Crippen LogP contribution is -2.15. The van der Waals surface area contributed by atoms with E-state index in [1.54, 1.807) is 36.4 Å². The lowest BCUT2D eigenvalue weighted by atomic mass is 10.2. The second-order valence-corrected chi connectivity index (χ2v) is 5.02. The van der Waals surface area contributed by atoms with Gasteiger partial charge in [0, 0.05) is 0 Å². The molecule has 122 valence electrons. The average Bonchev–Trinajstić information content (AvgIpc) is 2.64. The van der Waals surface area contributed by atoms with E-state index in [2.05, 4.69) is 26.9 Å². The maximum atomic E-state index is 13.6. The highest BCUT2D eigenvalue weighted by molar-refractivity contribution is 6.03. The lowest BCUT2D eigenvalue weighted by Gasteiger charge is -2.08. The molecule has 7 heteroatoms. The molecule has 3 rings (SSSR count). The first-order chi connectivity index (χ1) is 12.2. The highest BCUT2D eigenvalue weighted by Crippen LogP contribution is 2.19. The standard InChI is InChI=1S/C18H12FN5O/c19-14-7-3-2-6-13(14)18(25)22-17-10-9-16(23-24-17)21-15-8-4-1-5-12(15)11-20/h1-10H,(H,21,23)(H,22,24,25). The van der Waals surface area contributed by atoms with Crippen LogP contribution < -0.4 is 10.6 Å². The molecule has 2 aromatic carbocycles. The van der Waals surface area contributed by atoms with E-state index in [0.29, 0.717) is 17.1 Å². The van der Waals surface area contributed by atoms with E-state index < -0.39 is 11.7 Å². The first-order valence-electron chi connectivity index (χ1n) is 7.33. The van der Waals surface area contributed by atoms with Gasteiger partial charge in [0.15, 0.2) is 11.6 Å². The molecule has 1 aromatic heterocycles. The number of aromatic nitrogens is 2. The maximum absolute atomic E-state index is 13.6. The minimum Gasteiger partial charge on any atom is -0.338 e. The third-order valence-corrected chi connectivity index (χ3v) is 3.33. The zero-order chi connectivity index (χ0) is 17.6. The number of rotatable bonds is 4. The van der Waals surface area contributed by atoms with Crippen molar-refractivity contribution in [2.24, 2.45) is 0 Å². The molecule has 0 saturated carbocycles. The molecule has 0 aliphatic carbocycles. The number of halogens is 1. The van der Waals surface area contributed by atoms with Gasteiger partial charge in [0.25, 0.3) is 5.91 Å². The van der Waals surface area contributed by atoms with Crippen molar-refractivity contribution >= 4 is 23.2 Å². The van der Waals surface area contributed by atoms with Gasteiger partial charge in [-0.1, -0.05) is 24.3 Å². The topological polar surface area (TPSA) is 90.7 Å². The van der Waals surface area contributed by atoms with Crippen LogP contribution >= 0.6 is 0 Å². The summed E-state index contributed by atoms with van der Waals surface area (Å²) >= 11 is 0. The molecule has 6 nitrogen and oxygen atoms in total. The predicted octanol–water partition coefficient (Wildman–Crippen LogP) is 3.48. The first-order valence-corrected chi connectivity index (χ1v) is 7.33. The summed E-state index contributed by atoms with van der Waals surface area (Å²) in [5, 5.41) is 22.3. The Bertz CT molecular complexity index is 950. The number of anilines is 3. The fraction of sp³-hybridized carbons (Fsp3) is 0. The van der Waals surface area contributed by atoms with Crippen molar-refractivity contribution in [2.45, 2.75) is 0 Å². The number of amides is 1. The van der Waals surface area contributed by atoms with Crippen molar-refractivity contribution in [1.82, 2.24) is 10.2 Å². The van der Waals surface area contributed by atoms with Gasteiger partial charge in [-0.15, -0.1) is 10.2 Å². The monoisotopic (exact) mass is 333 g/mol. The van der Waals surface area contributed by atoms with Gasteiger partial charge in [0.1, 0.15) is 11.9 Å². The van der Waals surface area contributed by atoms with Crippen LogP contribution in [0.15, 0.2) is 60.7 Å². The van der Waals surface area contributed by atoms with Crippen molar-refractivity contribution < 1.29 is 9.18 Å². The van der Waals surface area contributed by atoms with Gasteiger partial charge >= 0.3 is 0 Å². The Morgan fingerprint density at radius 2 is 1.64 bits per heavy atom. The number of para-hydroxylation sites is 1. The Labute approximate surface area is 143 Å². The Balaban J connectivity index is 1.72. The smallest absolute Gasteiger partial charge is 0.259 e. The Hall–Kier alpha value is -3.79. The Kier molecular flexibility index (Phi) is 4.62. The van der Waals surface area contributed by atoms with Crippen LogP contribution in [-0.2, 0) is 0 Å². The molecule has 0 spiro atoms. The average molecular weight is 333 g/mol. The predicted molar refractivity (Wildman–Crippen MR) is 90.8 cm³/mol. The van der Waals surface area contributed by atoms with Crippen molar-refractivity contribution in [1.29, 1.82) is 5.26 Å². The molecular weight excluding hydrogens is 321 g/mol. The summed E-state index contributed by atoms with van der Waals surface area (Å²) in [5.74, 6) is -0.624. The third-order valence-electron chi connectivity index (χ3n) is 3.33. The number of carbonyl (C=O) groups is 1. The van der Waals surface area contributed by atoms with Crippen LogP contribution in [-0.4, -0.2) is 16.1 Å². The normalized spacial score (nSPS) is 9.92. The number of hydrogen-bond acceptors (Lipinski definition) is 5. The van der Waals surface area contributed by atoms with Gasteiger partial charge < -0.3 is 10.6 Å². The van der Waals surface area contributed by atoms with Crippen molar-refractivity contribution in [2.75, 3.05) is 10.6 Å². The number of nitrogens with zero attached hydrogens (tertiary/aromatic N) is 3. The van der Waals surface area contributed by atoms with E-state index in [0.717, 1.165) is 0 Å². The van der Waals surface area contributed by atoms with Crippen LogP contribution in [0.2, 0.25) is 0 Å². The van der Waals surface area contributed by atoms with Gasteiger partial charge in [-0.3, -0.25) is 4.79 Å². The number of nitrogens with one attached hydrogen (secondary N) is 2. The molecule has 0 radical (unpaired) electrons. The molecule has 1 amide bonds. The molecule has 0 atom stereocenters. The van der Waals surface area contributed by atoms with E-state index in [1.807, 2.05) is 0 Å². The first kappa shape index (κ1) is 16.1. The lowest BCUT2D eigenvalue weighted by molar-refractivity contribution is 0.102. The molecule has 0 saturated heterocycles. The minimum absolute atomic E-state index is 0.0746. The largest absolute Gasteiger partial charge is 0.338 e. The number of nitriles is 1. The SMILES string of the molecule is N#Cc1ccccc1Nc1ccc(NC(=O)c2ccccc2F)nn1. The Morgan fingerprint density at radius 3 is 2.36 bits per heavy atom. The minimum atomic E-state index is -0.612. The van der Waals surface area contributed by atoms with E-state index in [9.17, 15) is 9.18 Å².